The third-order valence-electron chi connectivity index (χ3n) is 3.05. The minimum atomic E-state index is -0.843. The van der Waals surface area contributed by atoms with Crippen LogP contribution in [0.15, 0.2) is 11.6 Å². The summed E-state index contributed by atoms with van der Waals surface area (Å²) in [6.45, 7) is 9.43. The van der Waals surface area contributed by atoms with Crippen molar-refractivity contribution in [3.05, 3.63) is 11.6 Å². The first-order valence-electron chi connectivity index (χ1n) is 5.51. The van der Waals surface area contributed by atoms with Crippen LogP contribution in [0, 0.1) is 5.41 Å². The molecule has 1 heterocycles. The summed E-state index contributed by atoms with van der Waals surface area (Å²) in [4.78, 5) is 12.8. The van der Waals surface area contributed by atoms with Crippen LogP contribution in [0.1, 0.15) is 33.6 Å². The molecule has 0 aromatic rings. The maximum absolute atomic E-state index is 10.5. The summed E-state index contributed by atoms with van der Waals surface area (Å²) in [6, 6.07) is 0. The average Bonchev–Trinajstić information content (AvgIpc) is 2.07. The molecule has 0 amide bonds. The number of rotatable bonds is 3. The molecule has 0 saturated carbocycles. The molecule has 0 aromatic carbocycles. The smallest absolute Gasteiger partial charge is 0.328 e. The lowest BCUT2D eigenvalue weighted by Crippen LogP contribution is -2.38. The summed E-state index contributed by atoms with van der Waals surface area (Å²) >= 11 is 0. The normalized spacial score (nSPS) is 22.7. The minimum Gasteiger partial charge on any atom is -0.478 e. The number of carboxylic acid groups (broad SMARTS) is 1. The van der Waals surface area contributed by atoms with Crippen LogP contribution >= 0.6 is 0 Å². The summed E-state index contributed by atoms with van der Waals surface area (Å²) in [7, 11) is 0. The van der Waals surface area contributed by atoms with Crippen LogP contribution in [0.5, 0.6) is 0 Å². The van der Waals surface area contributed by atoms with Crippen molar-refractivity contribution in [2.24, 2.45) is 5.41 Å². The molecule has 1 rings (SSSR count). The molecule has 0 atom stereocenters. The molecule has 1 aliphatic heterocycles. The molecule has 0 aliphatic carbocycles. The van der Waals surface area contributed by atoms with Gasteiger partial charge in [0.25, 0.3) is 0 Å². The van der Waals surface area contributed by atoms with Gasteiger partial charge in [-0.1, -0.05) is 19.4 Å². The van der Waals surface area contributed by atoms with E-state index in [1.165, 1.54) is 18.9 Å². The second-order valence-electron chi connectivity index (χ2n) is 5.27. The van der Waals surface area contributed by atoms with E-state index in [-0.39, 0.29) is 0 Å². The lowest BCUT2D eigenvalue weighted by Gasteiger charge is -2.37. The highest BCUT2D eigenvalue weighted by Crippen LogP contribution is 2.29. The highest BCUT2D eigenvalue weighted by molar-refractivity contribution is 5.80. The number of carboxylic acids is 1. The van der Waals surface area contributed by atoms with E-state index in [1.807, 2.05) is 6.92 Å². The molecule has 3 nitrogen and oxygen atoms in total. The number of hydrogen-bond donors (Lipinski definition) is 1. The predicted molar refractivity (Wildman–Crippen MR) is 60.8 cm³/mol. The standard InChI is InChI=1S/C12H21NO2/c1-10(8-11(14)15)9-13-6-4-12(2,3)5-7-13/h8H,4-7,9H2,1-3H3,(H,14,15)/b10-8+. The third kappa shape index (κ3) is 4.47. The Balaban J connectivity index is 2.39. The maximum Gasteiger partial charge on any atom is 0.328 e. The lowest BCUT2D eigenvalue weighted by molar-refractivity contribution is -0.131. The molecule has 0 aromatic heterocycles. The molecule has 0 bridgehead atoms. The first kappa shape index (κ1) is 12.2. The van der Waals surface area contributed by atoms with E-state index in [1.54, 1.807) is 0 Å². The number of likely N-dealkylation sites (tertiary alicyclic amines) is 1. The lowest BCUT2D eigenvalue weighted by atomic mass is 9.82. The Labute approximate surface area is 91.8 Å². The van der Waals surface area contributed by atoms with E-state index < -0.39 is 5.97 Å². The zero-order valence-electron chi connectivity index (χ0n) is 9.92. The highest BCUT2D eigenvalue weighted by atomic mass is 16.4. The fraction of sp³-hybridized carbons (Fsp3) is 0.750. The van der Waals surface area contributed by atoms with Crippen molar-refractivity contribution in [1.82, 2.24) is 4.90 Å². The van der Waals surface area contributed by atoms with Gasteiger partial charge in [0.15, 0.2) is 0 Å². The zero-order valence-corrected chi connectivity index (χ0v) is 9.92. The topological polar surface area (TPSA) is 40.5 Å². The quantitative estimate of drug-likeness (QED) is 0.727. The van der Waals surface area contributed by atoms with Crippen LogP contribution < -0.4 is 0 Å². The number of piperidine rings is 1. The van der Waals surface area contributed by atoms with Crippen molar-refractivity contribution in [2.75, 3.05) is 19.6 Å². The van der Waals surface area contributed by atoms with Crippen LogP contribution in [-0.4, -0.2) is 35.6 Å². The van der Waals surface area contributed by atoms with E-state index >= 15 is 0 Å². The van der Waals surface area contributed by atoms with E-state index in [4.69, 9.17) is 5.11 Å². The van der Waals surface area contributed by atoms with Crippen LogP contribution in [0.4, 0.5) is 0 Å². The second-order valence-corrected chi connectivity index (χ2v) is 5.27. The third-order valence-corrected chi connectivity index (χ3v) is 3.05. The molecule has 1 fully saturated rings. The fourth-order valence-electron chi connectivity index (χ4n) is 1.93. The van der Waals surface area contributed by atoms with Crippen LogP contribution in [0.2, 0.25) is 0 Å². The molecule has 15 heavy (non-hydrogen) atoms. The maximum atomic E-state index is 10.5. The fourth-order valence-corrected chi connectivity index (χ4v) is 1.93. The Morgan fingerprint density at radius 3 is 2.40 bits per heavy atom. The first-order valence-corrected chi connectivity index (χ1v) is 5.51. The Morgan fingerprint density at radius 1 is 1.40 bits per heavy atom. The number of carbonyl (C=O) groups is 1. The summed E-state index contributed by atoms with van der Waals surface area (Å²) in [6.07, 6.45) is 3.71. The molecule has 0 spiro atoms. The number of aliphatic carboxylic acids is 1. The monoisotopic (exact) mass is 211 g/mol. The van der Waals surface area contributed by atoms with Gasteiger partial charge in [-0.3, -0.25) is 4.90 Å². The van der Waals surface area contributed by atoms with E-state index in [9.17, 15) is 4.79 Å². The van der Waals surface area contributed by atoms with Gasteiger partial charge in [0.1, 0.15) is 0 Å². The van der Waals surface area contributed by atoms with Crippen molar-refractivity contribution < 1.29 is 9.90 Å². The molecule has 0 radical (unpaired) electrons. The van der Waals surface area contributed by atoms with Gasteiger partial charge in [0.2, 0.25) is 0 Å². The van der Waals surface area contributed by atoms with Gasteiger partial charge in [0, 0.05) is 12.6 Å². The molecule has 1 N–H and O–H groups in total. The highest BCUT2D eigenvalue weighted by Gasteiger charge is 2.24. The second kappa shape index (κ2) is 4.79. The van der Waals surface area contributed by atoms with Crippen LogP contribution in [-0.2, 0) is 4.79 Å². The summed E-state index contributed by atoms with van der Waals surface area (Å²) in [5.41, 5.74) is 1.39. The van der Waals surface area contributed by atoms with Crippen molar-refractivity contribution in [3.8, 4) is 0 Å². The van der Waals surface area contributed by atoms with Gasteiger partial charge in [-0.15, -0.1) is 0 Å². The van der Waals surface area contributed by atoms with Gasteiger partial charge in [-0.2, -0.15) is 0 Å². The predicted octanol–water partition coefficient (Wildman–Crippen LogP) is 2.14. The van der Waals surface area contributed by atoms with Crippen molar-refractivity contribution in [1.29, 1.82) is 0 Å². The summed E-state index contributed by atoms with van der Waals surface area (Å²) in [5, 5.41) is 8.60. The number of hydrogen-bond acceptors (Lipinski definition) is 2. The SMILES string of the molecule is C/C(=C\C(=O)O)CN1CCC(C)(C)CC1. The summed E-state index contributed by atoms with van der Waals surface area (Å²) < 4.78 is 0. The Hall–Kier alpha value is -0.830. The minimum absolute atomic E-state index is 0.459. The molecular formula is C12H21NO2. The van der Waals surface area contributed by atoms with Gasteiger partial charge in [0.05, 0.1) is 0 Å². The molecule has 1 saturated heterocycles. The van der Waals surface area contributed by atoms with Crippen molar-refractivity contribution >= 4 is 5.97 Å². The zero-order chi connectivity index (χ0) is 11.5. The van der Waals surface area contributed by atoms with Gasteiger partial charge in [-0.05, 0) is 38.3 Å². The Bertz CT molecular complexity index is 259. The van der Waals surface area contributed by atoms with E-state index in [0.717, 1.165) is 25.2 Å². The van der Waals surface area contributed by atoms with Crippen LogP contribution in [0.3, 0.4) is 0 Å². The van der Waals surface area contributed by atoms with E-state index in [0.29, 0.717) is 5.41 Å². The molecule has 0 unspecified atom stereocenters. The summed E-state index contributed by atoms with van der Waals surface area (Å²) in [5.74, 6) is -0.843. The van der Waals surface area contributed by atoms with Gasteiger partial charge >= 0.3 is 5.97 Å². The average molecular weight is 211 g/mol. The largest absolute Gasteiger partial charge is 0.478 e. The molecule has 3 heteroatoms. The molecular weight excluding hydrogens is 190 g/mol. The van der Waals surface area contributed by atoms with Crippen LogP contribution in [0.25, 0.3) is 0 Å². The first-order chi connectivity index (χ1) is 6.89. The molecule has 1 aliphatic rings. The van der Waals surface area contributed by atoms with E-state index in [2.05, 4.69) is 18.7 Å². The Kier molecular flexibility index (Phi) is 3.91. The van der Waals surface area contributed by atoms with Gasteiger partial charge < -0.3 is 5.11 Å². The number of nitrogens with zero attached hydrogens (tertiary/aromatic N) is 1. The van der Waals surface area contributed by atoms with Crippen molar-refractivity contribution in [3.63, 3.8) is 0 Å². The van der Waals surface area contributed by atoms with Crippen molar-refractivity contribution in [2.45, 2.75) is 33.6 Å². The Morgan fingerprint density at radius 2 is 1.93 bits per heavy atom. The van der Waals surface area contributed by atoms with Gasteiger partial charge in [-0.25, -0.2) is 4.79 Å². The molecule has 86 valence electrons.